The molecule has 0 unspecified atom stereocenters. The summed E-state index contributed by atoms with van der Waals surface area (Å²) in [6.07, 6.45) is 8.55. The molecule has 13 heavy (non-hydrogen) atoms. The molecule has 0 aromatic heterocycles. The molecule has 0 atom stereocenters. The Balaban J connectivity index is 2.25. The van der Waals surface area contributed by atoms with Gasteiger partial charge >= 0.3 is 6.03 Å². The Kier molecular flexibility index (Phi) is 4.60. The molecule has 1 aliphatic carbocycles. The van der Waals surface area contributed by atoms with E-state index < -0.39 is 0 Å². The van der Waals surface area contributed by atoms with Gasteiger partial charge in [-0.15, -0.1) is 0 Å². The quantitative estimate of drug-likeness (QED) is 0.327. The van der Waals surface area contributed by atoms with Gasteiger partial charge in [-0.2, -0.15) is 0 Å². The first-order valence-corrected chi connectivity index (χ1v) is 5.10. The van der Waals surface area contributed by atoms with Crippen molar-refractivity contribution >= 4 is 6.03 Å². The predicted octanol–water partition coefficient (Wildman–Crippen LogP) is 1.27. The van der Waals surface area contributed by atoms with Gasteiger partial charge in [0.05, 0.1) is 0 Å². The molecule has 0 spiro atoms. The highest BCUT2D eigenvalue weighted by atomic mass is 16.2. The van der Waals surface area contributed by atoms with E-state index in [1.165, 1.54) is 32.1 Å². The zero-order valence-corrected chi connectivity index (χ0v) is 8.01. The van der Waals surface area contributed by atoms with Crippen molar-refractivity contribution in [2.24, 2.45) is 5.84 Å². The molecule has 0 aliphatic heterocycles. The first-order valence-electron chi connectivity index (χ1n) is 5.10. The molecule has 0 radical (unpaired) electrons. The van der Waals surface area contributed by atoms with E-state index in [9.17, 15) is 4.79 Å². The first kappa shape index (κ1) is 10.3. The maximum absolute atomic E-state index is 10.9. The number of carbonyl (C=O) groups is 1. The smallest absolute Gasteiger partial charge is 0.329 e. The Morgan fingerprint density at radius 2 is 1.62 bits per heavy atom. The minimum atomic E-state index is -0.259. The van der Waals surface area contributed by atoms with Gasteiger partial charge in [0.15, 0.2) is 0 Å². The topological polar surface area (TPSA) is 67.1 Å². The molecular formula is C9H19N3O. The van der Waals surface area contributed by atoms with Crippen molar-refractivity contribution in [1.29, 1.82) is 0 Å². The number of hydrogen-bond acceptors (Lipinski definition) is 2. The Hall–Kier alpha value is -0.770. The molecule has 0 saturated heterocycles. The number of urea groups is 1. The van der Waals surface area contributed by atoms with Crippen LogP contribution in [-0.2, 0) is 0 Å². The van der Waals surface area contributed by atoms with Gasteiger partial charge in [-0.3, -0.25) is 5.43 Å². The summed E-state index contributed by atoms with van der Waals surface area (Å²) in [5.41, 5.74) is 2.10. The van der Waals surface area contributed by atoms with Crippen molar-refractivity contribution in [3.05, 3.63) is 0 Å². The molecule has 1 rings (SSSR count). The number of rotatable bonds is 1. The van der Waals surface area contributed by atoms with Crippen LogP contribution >= 0.6 is 0 Å². The standard InChI is InChI=1S/C9H19N3O/c10-12-9(13)11-8-6-4-2-1-3-5-7-8/h8H,1-7,10H2,(H2,11,12,13). The molecule has 4 heteroatoms. The van der Waals surface area contributed by atoms with Crippen molar-refractivity contribution in [2.45, 2.75) is 51.0 Å². The second-order valence-electron chi connectivity index (χ2n) is 3.66. The normalized spacial score (nSPS) is 20.1. The first-order chi connectivity index (χ1) is 6.33. The molecule has 76 valence electrons. The molecule has 0 aromatic carbocycles. The second kappa shape index (κ2) is 5.80. The van der Waals surface area contributed by atoms with Gasteiger partial charge in [0.1, 0.15) is 0 Å². The third kappa shape index (κ3) is 4.12. The number of hydrazine groups is 1. The molecule has 1 aliphatic rings. The minimum Gasteiger partial charge on any atom is -0.334 e. The summed E-state index contributed by atoms with van der Waals surface area (Å²) in [7, 11) is 0. The van der Waals surface area contributed by atoms with Crippen LogP contribution in [-0.4, -0.2) is 12.1 Å². The molecule has 0 aromatic rings. The Morgan fingerprint density at radius 3 is 2.15 bits per heavy atom. The van der Waals surface area contributed by atoms with Crippen LogP contribution in [0.25, 0.3) is 0 Å². The highest BCUT2D eigenvalue weighted by Gasteiger charge is 2.12. The second-order valence-corrected chi connectivity index (χ2v) is 3.66. The fourth-order valence-electron chi connectivity index (χ4n) is 1.83. The van der Waals surface area contributed by atoms with E-state index in [1.807, 2.05) is 0 Å². The van der Waals surface area contributed by atoms with Crippen LogP contribution in [0.5, 0.6) is 0 Å². The van der Waals surface area contributed by atoms with Crippen LogP contribution in [0.15, 0.2) is 0 Å². The van der Waals surface area contributed by atoms with Crippen LogP contribution in [0.4, 0.5) is 4.79 Å². The van der Waals surface area contributed by atoms with E-state index in [2.05, 4.69) is 10.7 Å². The minimum absolute atomic E-state index is 0.259. The number of nitrogens with two attached hydrogens (primary N) is 1. The summed E-state index contributed by atoms with van der Waals surface area (Å²) < 4.78 is 0. The molecule has 2 amide bonds. The number of hydrogen-bond donors (Lipinski definition) is 3. The molecule has 1 fully saturated rings. The zero-order chi connectivity index (χ0) is 9.52. The van der Waals surface area contributed by atoms with Crippen LogP contribution in [0, 0.1) is 0 Å². The van der Waals surface area contributed by atoms with Gasteiger partial charge in [-0.1, -0.05) is 32.1 Å². The van der Waals surface area contributed by atoms with E-state index in [4.69, 9.17) is 5.84 Å². The third-order valence-corrected chi connectivity index (χ3v) is 2.57. The summed E-state index contributed by atoms with van der Waals surface area (Å²) in [4.78, 5) is 10.9. The maximum Gasteiger partial charge on any atom is 0.329 e. The van der Waals surface area contributed by atoms with Gasteiger partial charge in [-0.05, 0) is 12.8 Å². The zero-order valence-electron chi connectivity index (χ0n) is 8.01. The summed E-state index contributed by atoms with van der Waals surface area (Å²) >= 11 is 0. The van der Waals surface area contributed by atoms with E-state index in [-0.39, 0.29) is 6.03 Å². The highest BCUT2D eigenvalue weighted by Crippen LogP contribution is 2.16. The molecule has 0 bridgehead atoms. The lowest BCUT2D eigenvalue weighted by Gasteiger charge is -2.20. The van der Waals surface area contributed by atoms with E-state index >= 15 is 0 Å². The number of amides is 2. The number of nitrogens with one attached hydrogen (secondary N) is 2. The van der Waals surface area contributed by atoms with Crippen LogP contribution in [0.2, 0.25) is 0 Å². The number of carbonyl (C=O) groups excluding carboxylic acids is 1. The highest BCUT2D eigenvalue weighted by molar-refractivity contribution is 5.73. The maximum atomic E-state index is 10.9. The predicted molar refractivity (Wildman–Crippen MR) is 52.0 cm³/mol. The third-order valence-electron chi connectivity index (χ3n) is 2.57. The lowest BCUT2D eigenvalue weighted by Crippen LogP contribution is -2.45. The fraction of sp³-hybridized carbons (Fsp3) is 0.889. The summed E-state index contributed by atoms with van der Waals surface area (Å²) in [5, 5.41) is 2.86. The van der Waals surface area contributed by atoms with Crippen LogP contribution in [0.1, 0.15) is 44.9 Å². The van der Waals surface area contributed by atoms with Crippen LogP contribution in [0.3, 0.4) is 0 Å². The molecule has 4 nitrogen and oxygen atoms in total. The van der Waals surface area contributed by atoms with E-state index in [0.717, 1.165) is 12.8 Å². The summed E-state index contributed by atoms with van der Waals surface area (Å²) in [6, 6.07) is 0.0643. The van der Waals surface area contributed by atoms with Crippen molar-refractivity contribution in [1.82, 2.24) is 10.7 Å². The van der Waals surface area contributed by atoms with E-state index in [0.29, 0.717) is 6.04 Å². The molecular weight excluding hydrogens is 166 g/mol. The lowest BCUT2D eigenvalue weighted by molar-refractivity contribution is 0.234. The van der Waals surface area contributed by atoms with Gasteiger partial charge < -0.3 is 5.32 Å². The Labute approximate surface area is 79.2 Å². The average molecular weight is 185 g/mol. The SMILES string of the molecule is NNC(=O)NC1CCCCCCC1. The van der Waals surface area contributed by atoms with Gasteiger partial charge in [0.2, 0.25) is 0 Å². The average Bonchev–Trinajstić information content (AvgIpc) is 2.09. The molecule has 0 heterocycles. The van der Waals surface area contributed by atoms with Crippen molar-refractivity contribution in [2.75, 3.05) is 0 Å². The van der Waals surface area contributed by atoms with Crippen molar-refractivity contribution in [3.8, 4) is 0 Å². The van der Waals surface area contributed by atoms with Crippen LogP contribution < -0.4 is 16.6 Å². The Bertz CT molecular complexity index is 153. The summed E-state index contributed by atoms with van der Waals surface area (Å²) in [6.45, 7) is 0. The molecule has 1 saturated carbocycles. The largest absolute Gasteiger partial charge is 0.334 e. The van der Waals surface area contributed by atoms with Crippen molar-refractivity contribution < 1.29 is 4.79 Å². The van der Waals surface area contributed by atoms with Crippen molar-refractivity contribution in [3.63, 3.8) is 0 Å². The molecule has 4 N–H and O–H groups in total. The summed E-state index contributed by atoms with van der Waals surface area (Å²) in [5.74, 6) is 5.00. The van der Waals surface area contributed by atoms with E-state index in [1.54, 1.807) is 0 Å². The van der Waals surface area contributed by atoms with Gasteiger partial charge in [0.25, 0.3) is 0 Å². The Morgan fingerprint density at radius 1 is 1.08 bits per heavy atom. The van der Waals surface area contributed by atoms with Gasteiger partial charge in [-0.25, -0.2) is 10.6 Å². The lowest BCUT2D eigenvalue weighted by atomic mass is 9.97. The monoisotopic (exact) mass is 185 g/mol. The fourth-order valence-corrected chi connectivity index (χ4v) is 1.83. The van der Waals surface area contributed by atoms with Gasteiger partial charge in [0, 0.05) is 6.04 Å².